The minimum atomic E-state index is 0.461. The highest BCUT2D eigenvalue weighted by Gasteiger charge is 2.11. The largest absolute Gasteiger partial charge is 0.313 e. The highest BCUT2D eigenvalue weighted by molar-refractivity contribution is 6.30. The molecule has 20 heavy (non-hydrogen) atoms. The van der Waals surface area contributed by atoms with Gasteiger partial charge in [-0.1, -0.05) is 69.5 Å². The zero-order valence-corrected chi connectivity index (χ0v) is 14.1. The number of unbranched alkanes of at least 4 members (excludes halogenated alkanes) is 6. The van der Waals surface area contributed by atoms with Crippen molar-refractivity contribution in [3.8, 4) is 0 Å². The molecule has 0 saturated heterocycles. The standard InChI is InChI=1S/C18H30ClN/c1-4-5-6-7-8-9-10-11-18(20-3)17-13-12-16(19)14-15(17)2/h12-14,18,20H,4-11H2,1-3H3. The van der Waals surface area contributed by atoms with E-state index in [9.17, 15) is 0 Å². The first-order valence-electron chi connectivity index (χ1n) is 8.12. The van der Waals surface area contributed by atoms with Gasteiger partial charge >= 0.3 is 0 Å². The Hall–Kier alpha value is -0.530. The van der Waals surface area contributed by atoms with E-state index in [1.165, 1.54) is 62.5 Å². The third kappa shape index (κ3) is 6.28. The molecule has 0 aromatic heterocycles. The van der Waals surface area contributed by atoms with E-state index < -0.39 is 0 Å². The molecule has 0 aliphatic rings. The van der Waals surface area contributed by atoms with Crippen LogP contribution in [0.2, 0.25) is 5.02 Å². The van der Waals surface area contributed by atoms with Crippen molar-refractivity contribution in [2.75, 3.05) is 7.05 Å². The molecule has 1 aromatic rings. The molecular weight excluding hydrogens is 266 g/mol. The summed E-state index contributed by atoms with van der Waals surface area (Å²) in [6.45, 7) is 4.42. The fourth-order valence-electron chi connectivity index (χ4n) is 2.79. The van der Waals surface area contributed by atoms with Gasteiger partial charge in [-0.25, -0.2) is 0 Å². The second-order valence-corrected chi connectivity index (χ2v) is 6.19. The van der Waals surface area contributed by atoms with Crippen LogP contribution in [0.4, 0.5) is 0 Å². The summed E-state index contributed by atoms with van der Waals surface area (Å²) in [6, 6.07) is 6.69. The Kier molecular flexibility index (Phi) is 8.97. The topological polar surface area (TPSA) is 12.0 Å². The van der Waals surface area contributed by atoms with Gasteiger partial charge in [-0.3, -0.25) is 0 Å². The zero-order valence-electron chi connectivity index (χ0n) is 13.3. The van der Waals surface area contributed by atoms with E-state index in [1.807, 2.05) is 6.07 Å². The van der Waals surface area contributed by atoms with Gasteiger partial charge in [0.25, 0.3) is 0 Å². The fraction of sp³-hybridized carbons (Fsp3) is 0.667. The molecule has 1 rings (SSSR count). The van der Waals surface area contributed by atoms with Crippen LogP contribution >= 0.6 is 11.6 Å². The number of nitrogens with one attached hydrogen (secondary N) is 1. The van der Waals surface area contributed by atoms with E-state index >= 15 is 0 Å². The van der Waals surface area contributed by atoms with E-state index in [1.54, 1.807) is 0 Å². The maximum absolute atomic E-state index is 6.03. The summed E-state index contributed by atoms with van der Waals surface area (Å²) in [5, 5.41) is 4.28. The summed E-state index contributed by atoms with van der Waals surface area (Å²) in [6.07, 6.45) is 10.8. The monoisotopic (exact) mass is 295 g/mol. The minimum absolute atomic E-state index is 0.461. The molecule has 0 aliphatic heterocycles. The Bertz CT molecular complexity index is 376. The number of benzene rings is 1. The van der Waals surface area contributed by atoms with Crippen LogP contribution in [0.25, 0.3) is 0 Å². The van der Waals surface area contributed by atoms with Gasteiger partial charge in [-0.15, -0.1) is 0 Å². The van der Waals surface area contributed by atoms with Crippen molar-refractivity contribution in [3.63, 3.8) is 0 Å². The summed E-state index contributed by atoms with van der Waals surface area (Å²) in [7, 11) is 2.06. The molecule has 2 heteroatoms. The van der Waals surface area contributed by atoms with Crippen LogP contribution in [0, 0.1) is 6.92 Å². The number of halogens is 1. The molecule has 0 spiro atoms. The van der Waals surface area contributed by atoms with E-state index in [0.29, 0.717) is 6.04 Å². The molecule has 1 unspecified atom stereocenters. The summed E-state index contributed by atoms with van der Waals surface area (Å²) in [5.74, 6) is 0. The van der Waals surface area contributed by atoms with Crippen molar-refractivity contribution in [3.05, 3.63) is 34.3 Å². The van der Waals surface area contributed by atoms with Crippen molar-refractivity contribution in [2.45, 2.75) is 71.3 Å². The number of hydrogen-bond donors (Lipinski definition) is 1. The van der Waals surface area contributed by atoms with Crippen molar-refractivity contribution >= 4 is 11.6 Å². The first-order chi connectivity index (χ1) is 9.69. The quantitative estimate of drug-likeness (QED) is 0.518. The highest BCUT2D eigenvalue weighted by atomic mass is 35.5. The summed E-state index contributed by atoms with van der Waals surface area (Å²) >= 11 is 6.03. The second kappa shape index (κ2) is 10.2. The lowest BCUT2D eigenvalue weighted by molar-refractivity contribution is 0.494. The number of rotatable bonds is 10. The smallest absolute Gasteiger partial charge is 0.0408 e. The Balaban J connectivity index is 2.32. The molecule has 1 atom stereocenters. The molecule has 1 aromatic carbocycles. The van der Waals surface area contributed by atoms with Gasteiger partial charge in [0.2, 0.25) is 0 Å². The Labute approximate surface area is 130 Å². The average molecular weight is 296 g/mol. The Morgan fingerprint density at radius 2 is 1.70 bits per heavy atom. The van der Waals surface area contributed by atoms with E-state index in [2.05, 4.69) is 38.3 Å². The van der Waals surface area contributed by atoms with Crippen LogP contribution in [-0.2, 0) is 0 Å². The van der Waals surface area contributed by atoms with Crippen molar-refractivity contribution < 1.29 is 0 Å². The average Bonchev–Trinajstić information content (AvgIpc) is 2.43. The third-order valence-electron chi connectivity index (χ3n) is 4.05. The summed E-state index contributed by atoms with van der Waals surface area (Å²) in [4.78, 5) is 0. The lowest BCUT2D eigenvalue weighted by Crippen LogP contribution is -2.17. The van der Waals surface area contributed by atoms with Crippen LogP contribution in [0.15, 0.2) is 18.2 Å². The maximum atomic E-state index is 6.03. The molecule has 1 nitrogen and oxygen atoms in total. The summed E-state index contributed by atoms with van der Waals surface area (Å²) in [5.41, 5.74) is 2.68. The normalized spacial score (nSPS) is 12.6. The number of aryl methyl sites for hydroxylation is 1. The number of hydrogen-bond acceptors (Lipinski definition) is 1. The van der Waals surface area contributed by atoms with Gasteiger partial charge in [0.1, 0.15) is 0 Å². The first-order valence-corrected chi connectivity index (χ1v) is 8.50. The molecule has 0 amide bonds. The van der Waals surface area contributed by atoms with E-state index in [4.69, 9.17) is 11.6 Å². The van der Waals surface area contributed by atoms with Crippen molar-refractivity contribution in [2.24, 2.45) is 0 Å². The highest BCUT2D eigenvalue weighted by Crippen LogP contribution is 2.25. The van der Waals surface area contributed by atoms with Gasteiger partial charge in [0.05, 0.1) is 0 Å². The second-order valence-electron chi connectivity index (χ2n) is 5.75. The molecule has 0 fully saturated rings. The SMILES string of the molecule is CCCCCCCCCC(NC)c1ccc(Cl)cc1C. The van der Waals surface area contributed by atoms with Crippen LogP contribution in [0.1, 0.15) is 75.5 Å². The molecule has 0 bridgehead atoms. The van der Waals surface area contributed by atoms with Crippen LogP contribution in [0.5, 0.6) is 0 Å². The molecule has 1 N–H and O–H groups in total. The lowest BCUT2D eigenvalue weighted by Gasteiger charge is -2.19. The summed E-state index contributed by atoms with van der Waals surface area (Å²) < 4.78 is 0. The third-order valence-corrected chi connectivity index (χ3v) is 4.29. The maximum Gasteiger partial charge on any atom is 0.0408 e. The van der Waals surface area contributed by atoms with Gasteiger partial charge in [0, 0.05) is 11.1 Å². The van der Waals surface area contributed by atoms with Gasteiger partial charge in [-0.2, -0.15) is 0 Å². The minimum Gasteiger partial charge on any atom is -0.313 e. The molecule has 0 saturated carbocycles. The van der Waals surface area contributed by atoms with Gasteiger partial charge < -0.3 is 5.32 Å². The molecular formula is C18H30ClN. The van der Waals surface area contributed by atoms with Crippen LogP contribution in [-0.4, -0.2) is 7.05 Å². The predicted octanol–water partition coefficient (Wildman–Crippen LogP) is 6.05. The molecule has 0 heterocycles. The van der Waals surface area contributed by atoms with Crippen molar-refractivity contribution in [1.29, 1.82) is 0 Å². The van der Waals surface area contributed by atoms with Crippen LogP contribution in [0.3, 0.4) is 0 Å². The predicted molar refractivity (Wildman–Crippen MR) is 90.6 cm³/mol. The fourth-order valence-corrected chi connectivity index (χ4v) is 3.02. The van der Waals surface area contributed by atoms with Crippen LogP contribution < -0.4 is 5.32 Å². The van der Waals surface area contributed by atoms with E-state index in [0.717, 1.165) is 5.02 Å². The zero-order chi connectivity index (χ0) is 14.8. The molecule has 0 aliphatic carbocycles. The first kappa shape index (κ1) is 17.5. The van der Waals surface area contributed by atoms with Gasteiger partial charge in [0.15, 0.2) is 0 Å². The van der Waals surface area contributed by atoms with E-state index in [-0.39, 0.29) is 0 Å². The van der Waals surface area contributed by atoms with Crippen molar-refractivity contribution in [1.82, 2.24) is 5.32 Å². The Morgan fingerprint density at radius 1 is 1.05 bits per heavy atom. The van der Waals surface area contributed by atoms with Gasteiger partial charge in [-0.05, 0) is 43.7 Å². The molecule has 114 valence electrons. The molecule has 0 radical (unpaired) electrons. The Morgan fingerprint density at radius 3 is 2.30 bits per heavy atom. The lowest BCUT2D eigenvalue weighted by atomic mass is 9.96.